The first-order chi connectivity index (χ1) is 13.5. The lowest BCUT2D eigenvalue weighted by molar-refractivity contribution is -0.157. The number of benzene rings is 2. The molecule has 0 aliphatic heterocycles. The minimum atomic E-state index is -0.642. The zero-order valence-electron chi connectivity index (χ0n) is 17.6. The molecule has 0 spiro atoms. The quantitative estimate of drug-likeness (QED) is 0.299. The van der Waals surface area contributed by atoms with Gasteiger partial charge in [0, 0.05) is 6.42 Å². The second-order valence-electron chi connectivity index (χ2n) is 7.80. The number of esters is 1. The van der Waals surface area contributed by atoms with Gasteiger partial charge in [-0.25, -0.2) is 0 Å². The van der Waals surface area contributed by atoms with Crippen molar-refractivity contribution in [1.29, 1.82) is 0 Å². The van der Waals surface area contributed by atoms with Crippen LogP contribution in [0.5, 0.6) is 5.75 Å². The fourth-order valence-electron chi connectivity index (χ4n) is 3.14. The van der Waals surface area contributed by atoms with E-state index in [1.807, 2.05) is 68.4 Å². The van der Waals surface area contributed by atoms with Crippen LogP contribution in [0.2, 0.25) is 0 Å². The number of carbonyl (C=O) groups is 1. The van der Waals surface area contributed by atoms with Gasteiger partial charge in [0.15, 0.2) is 0 Å². The van der Waals surface area contributed by atoms with Gasteiger partial charge in [-0.3, -0.25) is 4.79 Å². The largest absolute Gasteiger partial charge is 0.489 e. The van der Waals surface area contributed by atoms with Crippen molar-refractivity contribution in [2.45, 2.75) is 77.9 Å². The van der Waals surface area contributed by atoms with Gasteiger partial charge in [0.2, 0.25) is 0 Å². The highest BCUT2D eigenvalue weighted by Gasteiger charge is 2.25. The Morgan fingerprint density at radius 3 is 2.18 bits per heavy atom. The highest BCUT2D eigenvalue weighted by molar-refractivity contribution is 5.70. The topological polar surface area (TPSA) is 35.5 Å². The molecule has 0 N–H and O–H groups in total. The maximum atomic E-state index is 12.2. The zero-order chi connectivity index (χ0) is 20.2. The van der Waals surface area contributed by atoms with E-state index >= 15 is 0 Å². The molecule has 0 saturated heterocycles. The van der Waals surface area contributed by atoms with Crippen LogP contribution in [0.15, 0.2) is 54.6 Å². The maximum absolute atomic E-state index is 12.2. The molecule has 0 aliphatic rings. The van der Waals surface area contributed by atoms with E-state index in [-0.39, 0.29) is 5.97 Å². The van der Waals surface area contributed by atoms with E-state index in [1.165, 1.54) is 25.7 Å². The average Bonchev–Trinajstić information content (AvgIpc) is 2.70. The lowest BCUT2D eigenvalue weighted by atomic mass is 9.98. The van der Waals surface area contributed by atoms with Gasteiger partial charge in [0.05, 0.1) is 0 Å². The van der Waals surface area contributed by atoms with Crippen molar-refractivity contribution in [3.8, 4) is 5.75 Å². The molecular weight excluding hydrogens is 348 g/mol. The molecule has 0 atom stereocenters. The van der Waals surface area contributed by atoms with Gasteiger partial charge in [0.25, 0.3) is 0 Å². The van der Waals surface area contributed by atoms with Crippen molar-refractivity contribution in [2.24, 2.45) is 0 Å². The van der Waals surface area contributed by atoms with E-state index in [4.69, 9.17) is 9.47 Å². The summed E-state index contributed by atoms with van der Waals surface area (Å²) in [6.07, 6.45) is 7.49. The Labute approximate surface area is 170 Å². The molecule has 0 amide bonds. The predicted molar refractivity (Wildman–Crippen MR) is 114 cm³/mol. The van der Waals surface area contributed by atoms with Gasteiger partial charge in [-0.15, -0.1) is 0 Å². The van der Waals surface area contributed by atoms with Crippen LogP contribution in [-0.2, 0) is 21.7 Å². The zero-order valence-corrected chi connectivity index (χ0v) is 17.6. The Bertz CT molecular complexity index is 689. The van der Waals surface area contributed by atoms with Crippen molar-refractivity contribution >= 4 is 5.97 Å². The van der Waals surface area contributed by atoms with Crippen molar-refractivity contribution in [2.75, 3.05) is 0 Å². The standard InChI is InChI=1S/C25H34O3/c1-4-5-6-7-8-12-15-24(26)28-25(2,3)22-16-18-23(19-17-22)27-20-21-13-10-9-11-14-21/h9-11,13-14,16-19H,4-8,12,15,20H2,1-3H3. The van der Waals surface area contributed by atoms with Crippen molar-refractivity contribution in [1.82, 2.24) is 0 Å². The first-order valence-electron chi connectivity index (χ1n) is 10.5. The number of rotatable bonds is 12. The van der Waals surface area contributed by atoms with E-state index in [2.05, 4.69) is 6.92 Å². The van der Waals surface area contributed by atoms with E-state index in [9.17, 15) is 4.79 Å². The summed E-state index contributed by atoms with van der Waals surface area (Å²) >= 11 is 0. The smallest absolute Gasteiger partial charge is 0.306 e. The van der Waals surface area contributed by atoms with Gasteiger partial charge in [-0.2, -0.15) is 0 Å². The predicted octanol–water partition coefficient (Wildman–Crippen LogP) is 6.79. The fraction of sp³-hybridized carbons (Fsp3) is 0.480. The maximum Gasteiger partial charge on any atom is 0.306 e. The van der Waals surface area contributed by atoms with Crippen LogP contribution < -0.4 is 4.74 Å². The molecule has 0 aromatic heterocycles. The van der Waals surface area contributed by atoms with Crippen molar-refractivity contribution in [3.63, 3.8) is 0 Å². The van der Waals surface area contributed by atoms with Crippen LogP contribution in [0, 0.1) is 0 Å². The third-order valence-corrected chi connectivity index (χ3v) is 4.90. The second-order valence-corrected chi connectivity index (χ2v) is 7.80. The van der Waals surface area contributed by atoms with E-state index in [0.29, 0.717) is 13.0 Å². The summed E-state index contributed by atoms with van der Waals surface area (Å²) in [5.41, 5.74) is 1.46. The number of ether oxygens (including phenoxy) is 2. The molecular formula is C25H34O3. The Hall–Kier alpha value is -2.29. The Balaban J connectivity index is 1.78. The molecule has 0 heterocycles. The van der Waals surface area contributed by atoms with Crippen LogP contribution in [0.4, 0.5) is 0 Å². The summed E-state index contributed by atoms with van der Waals surface area (Å²) in [6, 6.07) is 17.9. The SMILES string of the molecule is CCCCCCCCC(=O)OC(C)(C)c1ccc(OCc2ccccc2)cc1. The molecule has 0 bridgehead atoms. The summed E-state index contributed by atoms with van der Waals surface area (Å²) in [6.45, 7) is 6.62. The van der Waals surface area contributed by atoms with Gasteiger partial charge in [0.1, 0.15) is 18.0 Å². The molecule has 0 radical (unpaired) electrons. The van der Waals surface area contributed by atoms with Crippen LogP contribution >= 0.6 is 0 Å². The van der Waals surface area contributed by atoms with Gasteiger partial charge >= 0.3 is 5.97 Å². The summed E-state index contributed by atoms with van der Waals surface area (Å²) in [4.78, 5) is 12.2. The van der Waals surface area contributed by atoms with Gasteiger partial charge in [-0.05, 0) is 43.5 Å². The lowest BCUT2D eigenvalue weighted by Crippen LogP contribution is -2.25. The summed E-state index contributed by atoms with van der Waals surface area (Å²) < 4.78 is 11.6. The molecule has 0 unspecified atom stereocenters. The number of unbranched alkanes of at least 4 members (excludes halogenated alkanes) is 5. The van der Waals surface area contributed by atoms with E-state index < -0.39 is 5.60 Å². The Kier molecular flexibility index (Phi) is 9.06. The van der Waals surface area contributed by atoms with Crippen LogP contribution in [-0.4, -0.2) is 5.97 Å². The Morgan fingerprint density at radius 2 is 1.50 bits per heavy atom. The number of carbonyl (C=O) groups excluding carboxylic acids is 1. The molecule has 0 fully saturated rings. The van der Waals surface area contributed by atoms with Crippen LogP contribution in [0.1, 0.15) is 76.8 Å². The summed E-state index contributed by atoms with van der Waals surface area (Å²) in [5.74, 6) is 0.687. The fourth-order valence-corrected chi connectivity index (χ4v) is 3.14. The highest BCUT2D eigenvalue weighted by Crippen LogP contribution is 2.27. The molecule has 3 nitrogen and oxygen atoms in total. The minimum absolute atomic E-state index is 0.120. The first kappa shape index (κ1) is 22.0. The molecule has 2 aromatic rings. The minimum Gasteiger partial charge on any atom is -0.489 e. The van der Waals surface area contributed by atoms with Crippen LogP contribution in [0.25, 0.3) is 0 Å². The van der Waals surface area contributed by atoms with Gasteiger partial charge in [-0.1, -0.05) is 81.5 Å². The van der Waals surface area contributed by atoms with Crippen LogP contribution in [0.3, 0.4) is 0 Å². The number of hydrogen-bond donors (Lipinski definition) is 0. The number of hydrogen-bond acceptors (Lipinski definition) is 3. The average molecular weight is 383 g/mol. The summed E-state index contributed by atoms with van der Waals surface area (Å²) in [5, 5.41) is 0. The highest BCUT2D eigenvalue weighted by atomic mass is 16.6. The molecule has 28 heavy (non-hydrogen) atoms. The molecule has 0 aliphatic carbocycles. The lowest BCUT2D eigenvalue weighted by Gasteiger charge is -2.26. The molecule has 2 aromatic carbocycles. The Morgan fingerprint density at radius 1 is 0.857 bits per heavy atom. The van der Waals surface area contributed by atoms with E-state index in [1.54, 1.807) is 0 Å². The third kappa shape index (κ3) is 7.75. The van der Waals surface area contributed by atoms with E-state index in [0.717, 1.165) is 29.7 Å². The van der Waals surface area contributed by atoms with Gasteiger partial charge < -0.3 is 9.47 Å². The molecule has 3 heteroatoms. The molecule has 0 saturated carbocycles. The van der Waals surface area contributed by atoms with Crippen molar-refractivity contribution in [3.05, 3.63) is 65.7 Å². The third-order valence-electron chi connectivity index (χ3n) is 4.90. The normalized spacial score (nSPS) is 11.2. The monoisotopic (exact) mass is 382 g/mol. The first-order valence-corrected chi connectivity index (χ1v) is 10.5. The second kappa shape index (κ2) is 11.5. The molecule has 2 rings (SSSR count). The summed E-state index contributed by atoms with van der Waals surface area (Å²) in [7, 11) is 0. The van der Waals surface area contributed by atoms with Crippen molar-refractivity contribution < 1.29 is 14.3 Å². The molecule has 152 valence electrons.